The number of aliphatic carboxylic acids is 1. The second-order valence-corrected chi connectivity index (χ2v) is 17.6. The molecule has 8 aromatic rings. The molecule has 1 aliphatic heterocycles. The van der Waals surface area contributed by atoms with Gasteiger partial charge < -0.3 is 20.6 Å². The summed E-state index contributed by atoms with van der Waals surface area (Å²) in [7, 11) is 0. The number of carbonyl (C=O) groups is 2. The summed E-state index contributed by atoms with van der Waals surface area (Å²) < 4.78 is 10.0. The van der Waals surface area contributed by atoms with E-state index in [9.17, 15) is 14.7 Å². The van der Waals surface area contributed by atoms with Crippen molar-refractivity contribution in [1.29, 1.82) is 0 Å². The van der Waals surface area contributed by atoms with Crippen LogP contribution in [0.4, 0.5) is 23.0 Å². The quantitative estimate of drug-likeness (QED) is 0.151. The number of aryl methyl sites for hydroxylation is 2. The van der Waals surface area contributed by atoms with Gasteiger partial charge >= 0.3 is 5.97 Å². The summed E-state index contributed by atoms with van der Waals surface area (Å²) in [6.45, 7) is 1.85. The molecule has 2 atom stereocenters. The van der Waals surface area contributed by atoms with Gasteiger partial charge in [-0.2, -0.15) is 0 Å². The molecule has 2 aromatic carbocycles. The lowest BCUT2D eigenvalue weighted by atomic mass is 9.86. The molecular formula is C37H31N11O3S4. The van der Waals surface area contributed by atoms with E-state index in [0.29, 0.717) is 18.7 Å². The van der Waals surface area contributed by atoms with E-state index >= 15 is 0 Å². The normalized spacial score (nSPS) is 17.7. The van der Waals surface area contributed by atoms with Crippen LogP contribution in [0.5, 0.6) is 0 Å². The standard InChI is InChI=1S/C20H18N6OS2.C17H13N5O2S2/c27-20(26-6-1-7-26)11-2-4-13-15(8-11)28-19-17(13)18(21-10-22-19)23-12-3-5-14-16(9-12)29-25-24-14;23-17(24)8-1-3-10-12(5-8)25-16-14(10)15(18-7-19-16)20-9-2-4-11-13(6-9)26-22-21-11/h3,5,9-11H,1-2,4,6-8H2,(H,21,22,23);2,4,6-8H,1,3,5H2,(H,23,24)(H,18,19,20)/t11-;8-/m00/s1. The predicted octanol–water partition coefficient (Wildman–Crippen LogP) is 7.41. The van der Waals surface area contributed by atoms with Crippen LogP contribution in [-0.4, -0.2) is 74.1 Å². The lowest BCUT2D eigenvalue weighted by Crippen LogP contribution is -2.46. The summed E-state index contributed by atoms with van der Waals surface area (Å²) in [6.07, 6.45) is 8.90. The SMILES string of the molecule is O=C(O)[C@H]1CCc2c(sc3ncnc(Nc4ccc5nnsc5c4)c23)C1.O=C([C@H]1CCc2c(sc3ncnc(Nc4ccc5nnsc5c4)c23)C1)N1CCC1. The molecule has 0 bridgehead atoms. The Morgan fingerprint density at radius 1 is 0.709 bits per heavy atom. The monoisotopic (exact) mass is 805 g/mol. The number of hydrogen-bond donors (Lipinski definition) is 3. The van der Waals surface area contributed by atoms with E-state index < -0.39 is 5.97 Å². The third kappa shape index (κ3) is 6.41. The van der Waals surface area contributed by atoms with Gasteiger partial charge in [0.05, 0.1) is 26.1 Å². The van der Waals surface area contributed by atoms with Crippen LogP contribution >= 0.6 is 45.7 Å². The second-order valence-electron chi connectivity index (χ2n) is 13.9. The van der Waals surface area contributed by atoms with Crippen LogP contribution in [0, 0.1) is 11.8 Å². The summed E-state index contributed by atoms with van der Waals surface area (Å²) in [5.74, 6) is 1.01. The minimum atomic E-state index is -0.719. The van der Waals surface area contributed by atoms with Crippen molar-refractivity contribution in [1.82, 2.24) is 44.0 Å². The number of fused-ring (bicyclic) bond motifs is 8. The number of anilines is 4. The Labute approximate surface area is 329 Å². The Morgan fingerprint density at radius 3 is 1.75 bits per heavy atom. The summed E-state index contributed by atoms with van der Waals surface area (Å²) in [5.41, 5.74) is 6.15. The van der Waals surface area contributed by atoms with Crippen LogP contribution in [0.1, 0.15) is 40.1 Å². The molecule has 2 aliphatic carbocycles. The van der Waals surface area contributed by atoms with E-state index in [1.54, 1.807) is 35.3 Å². The van der Waals surface area contributed by atoms with Gasteiger partial charge in [-0.15, -0.1) is 32.9 Å². The molecule has 11 rings (SSSR count). The number of nitrogens with zero attached hydrogens (tertiary/aromatic N) is 9. The van der Waals surface area contributed by atoms with Gasteiger partial charge in [0.15, 0.2) is 0 Å². The van der Waals surface area contributed by atoms with Crippen molar-refractivity contribution in [3.8, 4) is 0 Å². The molecule has 0 spiro atoms. The van der Waals surface area contributed by atoms with Crippen molar-refractivity contribution >= 4 is 121 Å². The highest BCUT2D eigenvalue weighted by Gasteiger charge is 2.33. The van der Waals surface area contributed by atoms with Crippen molar-refractivity contribution in [2.75, 3.05) is 23.7 Å². The van der Waals surface area contributed by atoms with Crippen molar-refractivity contribution in [3.05, 3.63) is 69.9 Å². The van der Waals surface area contributed by atoms with Crippen molar-refractivity contribution in [3.63, 3.8) is 0 Å². The maximum Gasteiger partial charge on any atom is 0.306 e. The first-order valence-corrected chi connectivity index (χ1v) is 21.1. The first kappa shape index (κ1) is 34.2. The minimum Gasteiger partial charge on any atom is -0.481 e. The highest BCUT2D eigenvalue weighted by Crippen LogP contribution is 2.42. The highest BCUT2D eigenvalue weighted by molar-refractivity contribution is 7.19. The third-order valence-electron chi connectivity index (χ3n) is 10.6. The molecule has 3 aliphatic rings. The number of nitrogens with one attached hydrogen (secondary N) is 2. The highest BCUT2D eigenvalue weighted by atomic mass is 32.1. The van der Waals surface area contributed by atoms with Gasteiger partial charge in [-0.25, -0.2) is 19.9 Å². The number of benzene rings is 2. The molecule has 1 amide bonds. The molecule has 0 unspecified atom stereocenters. The average Bonchev–Trinajstić information content (AvgIpc) is 3.98. The number of aromatic nitrogens is 8. The first-order valence-electron chi connectivity index (χ1n) is 18.0. The smallest absolute Gasteiger partial charge is 0.306 e. The molecule has 276 valence electrons. The van der Waals surface area contributed by atoms with Crippen molar-refractivity contribution < 1.29 is 14.7 Å². The van der Waals surface area contributed by atoms with Crippen molar-refractivity contribution in [2.24, 2.45) is 11.8 Å². The van der Waals surface area contributed by atoms with Crippen LogP contribution in [0.25, 0.3) is 40.9 Å². The number of thiophene rings is 2. The predicted molar refractivity (Wildman–Crippen MR) is 216 cm³/mol. The van der Waals surface area contributed by atoms with Gasteiger partial charge in [-0.1, -0.05) is 8.98 Å². The van der Waals surface area contributed by atoms with Crippen LogP contribution in [0.2, 0.25) is 0 Å². The Hall–Kier alpha value is -5.30. The van der Waals surface area contributed by atoms with Gasteiger partial charge in [-0.3, -0.25) is 9.59 Å². The number of carbonyl (C=O) groups excluding carboxylic acids is 1. The molecule has 18 heteroatoms. The fourth-order valence-corrected chi connectivity index (χ4v) is 11.3. The number of carboxylic acid groups (broad SMARTS) is 1. The van der Waals surface area contributed by atoms with Gasteiger partial charge in [0.1, 0.15) is 45.0 Å². The number of amides is 1. The third-order valence-corrected chi connectivity index (χ3v) is 14.3. The Bertz CT molecular complexity index is 2770. The average molecular weight is 806 g/mol. The molecule has 14 nitrogen and oxygen atoms in total. The molecule has 6 aromatic heterocycles. The maximum atomic E-state index is 12.7. The van der Waals surface area contributed by atoms with E-state index in [2.05, 4.69) is 55.8 Å². The summed E-state index contributed by atoms with van der Waals surface area (Å²) in [5, 5.41) is 26.4. The van der Waals surface area contributed by atoms with E-state index in [0.717, 1.165) is 114 Å². The second kappa shape index (κ2) is 14.1. The Balaban J connectivity index is 0.000000136. The lowest BCUT2D eigenvalue weighted by Gasteiger charge is -2.35. The molecular weight excluding hydrogens is 775 g/mol. The molecule has 0 saturated carbocycles. The molecule has 7 heterocycles. The molecule has 55 heavy (non-hydrogen) atoms. The summed E-state index contributed by atoms with van der Waals surface area (Å²) in [4.78, 5) is 48.2. The summed E-state index contributed by atoms with van der Waals surface area (Å²) >= 11 is 6.02. The molecule has 1 fully saturated rings. The van der Waals surface area contributed by atoms with Gasteiger partial charge in [-0.05, 0) is 116 Å². The zero-order valence-electron chi connectivity index (χ0n) is 29.1. The van der Waals surface area contributed by atoms with Crippen LogP contribution < -0.4 is 10.6 Å². The zero-order valence-corrected chi connectivity index (χ0v) is 32.3. The number of likely N-dealkylation sites (tertiary alicyclic amines) is 1. The Morgan fingerprint density at radius 2 is 1.24 bits per heavy atom. The van der Waals surface area contributed by atoms with Crippen molar-refractivity contribution in [2.45, 2.75) is 44.9 Å². The largest absolute Gasteiger partial charge is 0.481 e. The number of carboxylic acids is 1. The molecule has 0 radical (unpaired) electrons. The summed E-state index contributed by atoms with van der Waals surface area (Å²) in [6, 6.07) is 11.9. The van der Waals surface area contributed by atoms with Crippen LogP contribution in [0.3, 0.4) is 0 Å². The maximum absolute atomic E-state index is 12.7. The van der Waals surface area contributed by atoms with Gasteiger partial charge in [0, 0.05) is 40.1 Å². The lowest BCUT2D eigenvalue weighted by molar-refractivity contribution is -0.142. The van der Waals surface area contributed by atoms with Crippen LogP contribution in [-0.2, 0) is 35.3 Å². The van der Waals surface area contributed by atoms with Gasteiger partial charge in [0.25, 0.3) is 0 Å². The topological polar surface area (TPSA) is 185 Å². The fourth-order valence-electron chi connectivity index (χ4n) is 7.61. The van der Waals surface area contributed by atoms with E-state index in [1.165, 1.54) is 39.1 Å². The molecule has 3 N–H and O–H groups in total. The zero-order chi connectivity index (χ0) is 37.0. The van der Waals surface area contributed by atoms with E-state index in [1.807, 2.05) is 35.2 Å². The van der Waals surface area contributed by atoms with Crippen LogP contribution in [0.15, 0.2) is 49.1 Å². The van der Waals surface area contributed by atoms with Gasteiger partial charge in [0.2, 0.25) is 5.91 Å². The van der Waals surface area contributed by atoms with E-state index in [4.69, 9.17) is 0 Å². The number of hydrogen-bond acceptors (Lipinski definition) is 16. The van der Waals surface area contributed by atoms with E-state index in [-0.39, 0.29) is 11.8 Å². The fraction of sp³-hybridized carbons (Fsp3) is 0.297. The first-order chi connectivity index (χ1) is 26.9. The minimum absolute atomic E-state index is 0.112. The Kier molecular flexibility index (Phi) is 8.76. The number of rotatable bonds is 6. The molecule has 1 saturated heterocycles.